The minimum Gasteiger partial charge on any atom is -0.483 e. The molecule has 0 aliphatic rings. The van der Waals surface area contributed by atoms with Gasteiger partial charge < -0.3 is 14.8 Å². The van der Waals surface area contributed by atoms with Crippen LogP contribution >= 0.6 is 0 Å². The smallest absolute Gasteiger partial charge is 0.157 e. The zero-order valence-electron chi connectivity index (χ0n) is 11.1. The average molecular weight is 241 g/mol. The van der Waals surface area contributed by atoms with E-state index in [0.717, 1.165) is 18.8 Å². The van der Waals surface area contributed by atoms with Crippen LogP contribution in [-0.2, 0) is 11.8 Å². The Hall–Kier alpha value is -1.07. The number of methoxy groups -OCH3 is 1. The predicted molar refractivity (Wildman–Crippen MR) is 67.2 cm³/mol. The van der Waals surface area contributed by atoms with Gasteiger partial charge in [-0.15, -0.1) is 0 Å². The van der Waals surface area contributed by atoms with Crippen LogP contribution in [0.5, 0.6) is 5.75 Å². The van der Waals surface area contributed by atoms with Crippen molar-refractivity contribution >= 4 is 0 Å². The molecule has 1 heterocycles. The summed E-state index contributed by atoms with van der Waals surface area (Å²) >= 11 is 0. The number of hydrogen-bond acceptors (Lipinski definition) is 4. The van der Waals surface area contributed by atoms with E-state index in [4.69, 9.17) is 9.47 Å². The monoisotopic (exact) mass is 241 g/mol. The molecule has 5 heteroatoms. The molecule has 1 atom stereocenters. The van der Waals surface area contributed by atoms with Gasteiger partial charge in [0.1, 0.15) is 6.10 Å². The molecule has 1 unspecified atom stereocenters. The van der Waals surface area contributed by atoms with Crippen molar-refractivity contribution in [3.8, 4) is 5.75 Å². The van der Waals surface area contributed by atoms with Crippen LogP contribution in [-0.4, -0.2) is 42.7 Å². The second kappa shape index (κ2) is 7.29. The van der Waals surface area contributed by atoms with Crippen molar-refractivity contribution in [2.75, 3.05) is 26.8 Å². The first kappa shape index (κ1) is 14.0. The molecule has 1 rings (SSSR count). The Morgan fingerprint density at radius 1 is 1.41 bits per heavy atom. The van der Waals surface area contributed by atoms with Crippen molar-refractivity contribution in [1.29, 1.82) is 0 Å². The fourth-order valence-electron chi connectivity index (χ4n) is 1.51. The Balaban J connectivity index is 2.37. The van der Waals surface area contributed by atoms with Gasteiger partial charge in [0.05, 0.1) is 19.0 Å². The minimum absolute atomic E-state index is 0.0166. The van der Waals surface area contributed by atoms with Crippen LogP contribution in [0, 0.1) is 5.92 Å². The van der Waals surface area contributed by atoms with Gasteiger partial charge in [-0.3, -0.25) is 4.68 Å². The van der Waals surface area contributed by atoms with E-state index < -0.39 is 0 Å². The molecule has 0 bridgehead atoms. The zero-order valence-corrected chi connectivity index (χ0v) is 11.1. The van der Waals surface area contributed by atoms with E-state index in [2.05, 4.69) is 24.3 Å². The van der Waals surface area contributed by atoms with Gasteiger partial charge in [-0.25, -0.2) is 0 Å². The van der Waals surface area contributed by atoms with Crippen molar-refractivity contribution in [3.05, 3.63) is 12.4 Å². The molecular weight excluding hydrogens is 218 g/mol. The summed E-state index contributed by atoms with van der Waals surface area (Å²) in [5.74, 6) is 1.41. The maximum absolute atomic E-state index is 5.79. The van der Waals surface area contributed by atoms with E-state index in [9.17, 15) is 0 Å². The van der Waals surface area contributed by atoms with E-state index in [-0.39, 0.29) is 6.10 Å². The van der Waals surface area contributed by atoms with Crippen LogP contribution in [0.4, 0.5) is 0 Å². The number of aromatic nitrogens is 2. The first-order valence-electron chi connectivity index (χ1n) is 5.96. The van der Waals surface area contributed by atoms with E-state index in [1.165, 1.54) is 0 Å². The fraction of sp³-hybridized carbons (Fsp3) is 0.750. The van der Waals surface area contributed by atoms with Crippen LogP contribution in [0.3, 0.4) is 0 Å². The number of nitrogens with one attached hydrogen (secondary N) is 1. The Labute approximate surface area is 103 Å². The molecule has 0 aromatic carbocycles. The molecule has 0 amide bonds. The van der Waals surface area contributed by atoms with Gasteiger partial charge in [-0.05, 0) is 12.5 Å². The maximum Gasteiger partial charge on any atom is 0.157 e. The molecule has 0 fully saturated rings. The van der Waals surface area contributed by atoms with Crippen molar-refractivity contribution in [2.24, 2.45) is 13.0 Å². The number of hydrogen-bond donors (Lipinski definition) is 1. The van der Waals surface area contributed by atoms with Crippen LogP contribution in [0.15, 0.2) is 12.4 Å². The first-order chi connectivity index (χ1) is 8.11. The number of nitrogens with zero attached hydrogens (tertiary/aromatic N) is 2. The summed E-state index contributed by atoms with van der Waals surface area (Å²) in [5, 5.41) is 7.43. The van der Waals surface area contributed by atoms with E-state index >= 15 is 0 Å². The summed E-state index contributed by atoms with van der Waals surface area (Å²) < 4.78 is 12.7. The van der Waals surface area contributed by atoms with Crippen molar-refractivity contribution in [1.82, 2.24) is 15.1 Å². The number of aryl methyl sites for hydroxylation is 1. The predicted octanol–water partition coefficient (Wildman–Crippen LogP) is 1.06. The lowest BCUT2D eigenvalue weighted by atomic mass is 10.2. The molecule has 1 aromatic rings. The second-order valence-corrected chi connectivity index (χ2v) is 4.60. The molecule has 98 valence electrons. The van der Waals surface area contributed by atoms with E-state index in [1.54, 1.807) is 18.0 Å². The van der Waals surface area contributed by atoms with Gasteiger partial charge in [0.25, 0.3) is 0 Å². The summed E-state index contributed by atoms with van der Waals surface area (Å²) in [6, 6.07) is 0. The lowest BCUT2D eigenvalue weighted by Gasteiger charge is -2.18. The summed E-state index contributed by atoms with van der Waals surface area (Å²) in [5.41, 5.74) is 0. The molecule has 0 aliphatic heterocycles. The van der Waals surface area contributed by atoms with Crippen LogP contribution in [0.1, 0.15) is 13.8 Å². The summed E-state index contributed by atoms with van der Waals surface area (Å²) in [6.07, 6.45) is 3.58. The average Bonchev–Trinajstić information content (AvgIpc) is 2.63. The molecule has 0 aliphatic carbocycles. The topological polar surface area (TPSA) is 48.3 Å². The first-order valence-corrected chi connectivity index (χ1v) is 5.96. The van der Waals surface area contributed by atoms with E-state index in [0.29, 0.717) is 12.5 Å². The normalized spacial score (nSPS) is 13.0. The highest BCUT2D eigenvalue weighted by Crippen LogP contribution is 2.09. The summed E-state index contributed by atoms with van der Waals surface area (Å²) in [6.45, 7) is 6.69. The second-order valence-electron chi connectivity index (χ2n) is 4.60. The number of ether oxygens (including phenoxy) is 2. The molecular formula is C12H23N3O2. The molecule has 1 aromatic heterocycles. The third-order valence-electron chi connectivity index (χ3n) is 2.26. The van der Waals surface area contributed by atoms with Gasteiger partial charge in [0.2, 0.25) is 0 Å². The maximum atomic E-state index is 5.79. The quantitative estimate of drug-likeness (QED) is 0.739. The minimum atomic E-state index is 0.0166. The van der Waals surface area contributed by atoms with Gasteiger partial charge >= 0.3 is 0 Å². The van der Waals surface area contributed by atoms with Gasteiger partial charge in [-0.2, -0.15) is 5.10 Å². The molecule has 0 radical (unpaired) electrons. The number of rotatable bonds is 8. The highest BCUT2D eigenvalue weighted by Gasteiger charge is 2.11. The molecule has 5 nitrogen and oxygen atoms in total. The largest absolute Gasteiger partial charge is 0.483 e. The van der Waals surface area contributed by atoms with Gasteiger partial charge in [-0.1, -0.05) is 13.8 Å². The third kappa shape index (κ3) is 5.70. The summed E-state index contributed by atoms with van der Waals surface area (Å²) in [7, 11) is 3.55. The van der Waals surface area contributed by atoms with E-state index in [1.807, 2.05) is 13.2 Å². The van der Waals surface area contributed by atoms with Crippen LogP contribution in [0.2, 0.25) is 0 Å². The Bertz CT molecular complexity index is 312. The zero-order chi connectivity index (χ0) is 12.7. The van der Waals surface area contributed by atoms with Gasteiger partial charge in [0.15, 0.2) is 5.75 Å². The standard InChI is InChI=1S/C12H23N3O2/c1-10(2)5-13-6-12(9-16-4)17-11-7-14-15(3)8-11/h7-8,10,12-13H,5-6,9H2,1-4H3. The highest BCUT2D eigenvalue weighted by molar-refractivity contribution is 5.11. The molecule has 17 heavy (non-hydrogen) atoms. The Morgan fingerprint density at radius 3 is 2.71 bits per heavy atom. The van der Waals surface area contributed by atoms with Crippen molar-refractivity contribution < 1.29 is 9.47 Å². The summed E-state index contributed by atoms with van der Waals surface area (Å²) in [4.78, 5) is 0. The fourth-order valence-corrected chi connectivity index (χ4v) is 1.51. The van der Waals surface area contributed by atoms with Crippen molar-refractivity contribution in [2.45, 2.75) is 20.0 Å². The van der Waals surface area contributed by atoms with Crippen LogP contribution < -0.4 is 10.1 Å². The molecule has 0 spiro atoms. The molecule has 0 saturated heterocycles. The lowest BCUT2D eigenvalue weighted by molar-refractivity contribution is 0.0802. The third-order valence-corrected chi connectivity index (χ3v) is 2.26. The lowest BCUT2D eigenvalue weighted by Crippen LogP contribution is -2.36. The SMILES string of the molecule is COCC(CNCC(C)C)Oc1cnn(C)c1. The highest BCUT2D eigenvalue weighted by atomic mass is 16.5. The molecule has 1 N–H and O–H groups in total. The molecule has 0 saturated carbocycles. The van der Waals surface area contributed by atoms with Crippen LogP contribution in [0.25, 0.3) is 0 Å². The Morgan fingerprint density at radius 2 is 2.18 bits per heavy atom. The van der Waals surface area contributed by atoms with Crippen molar-refractivity contribution in [3.63, 3.8) is 0 Å². The van der Waals surface area contributed by atoms with Gasteiger partial charge in [0, 0.05) is 20.7 Å². The Kier molecular flexibility index (Phi) is 6.00.